The van der Waals surface area contributed by atoms with E-state index in [1.165, 1.54) is 18.2 Å². The number of nitrogens with one attached hydrogen (secondary N) is 2. The molecule has 19 heavy (non-hydrogen) atoms. The number of imide groups is 1. The number of urea groups is 1. The van der Waals surface area contributed by atoms with Gasteiger partial charge in [0.05, 0.1) is 6.04 Å². The molecule has 0 spiro atoms. The molecule has 3 amide bonds. The van der Waals surface area contributed by atoms with Crippen molar-refractivity contribution in [2.24, 2.45) is 0 Å². The van der Waals surface area contributed by atoms with Crippen molar-refractivity contribution in [1.82, 2.24) is 15.5 Å². The molecule has 1 aromatic carbocycles. The molecule has 1 aliphatic heterocycles. The summed E-state index contributed by atoms with van der Waals surface area (Å²) in [6.07, 6.45) is 0.938. The largest absolute Gasteiger partial charge is 0.341 e. The van der Waals surface area contributed by atoms with Crippen molar-refractivity contribution in [3.8, 4) is 0 Å². The van der Waals surface area contributed by atoms with Crippen LogP contribution < -0.4 is 10.6 Å². The van der Waals surface area contributed by atoms with Crippen LogP contribution in [0.2, 0.25) is 0 Å². The Morgan fingerprint density at radius 3 is 2.63 bits per heavy atom. The van der Waals surface area contributed by atoms with Crippen LogP contribution in [0, 0.1) is 0 Å². The van der Waals surface area contributed by atoms with Crippen LogP contribution in [0.25, 0.3) is 0 Å². The van der Waals surface area contributed by atoms with Crippen molar-refractivity contribution in [2.75, 3.05) is 13.6 Å². The summed E-state index contributed by atoms with van der Waals surface area (Å²) in [7, 11) is 1.49. The molecule has 1 heterocycles. The molecule has 1 atom stereocenters. The van der Waals surface area contributed by atoms with Gasteiger partial charge >= 0.3 is 6.03 Å². The molecule has 2 N–H and O–H groups in total. The molecule has 0 saturated heterocycles. The van der Waals surface area contributed by atoms with E-state index in [0.29, 0.717) is 0 Å². The summed E-state index contributed by atoms with van der Waals surface area (Å²) >= 11 is 0. The van der Waals surface area contributed by atoms with Gasteiger partial charge in [-0.15, -0.1) is 0 Å². The van der Waals surface area contributed by atoms with E-state index >= 15 is 0 Å². The summed E-state index contributed by atoms with van der Waals surface area (Å²) in [5.74, 6) is -0.265. The van der Waals surface area contributed by atoms with Gasteiger partial charge in [-0.1, -0.05) is 24.3 Å². The van der Waals surface area contributed by atoms with Crippen LogP contribution in [0.1, 0.15) is 18.1 Å². The number of amides is 3. The van der Waals surface area contributed by atoms with Gasteiger partial charge in [0.15, 0.2) is 0 Å². The minimum atomic E-state index is -0.464. The Hall–Kier alpha value is -1.88. The van der Waals surface area contributed by atoms with E-state index in [-0.39, 0.29) is 11.9 Å². The standard InChI is InChI=1S/C14H19N3O2/c1-10(13(18)16-14(19)15-2)17-8-7-11-5-3-4-6-12(11)9-17/h3-6,10H,7-9H2,1-2H3,(H2,15,16,18,19)/t10-/m0/s1. The van der Waals surface area contributed by atoms with Crippen LogP contribution in [0.4, 0.5) is 4.79 Å². The fourth-order valence-electron chi connectivity index (χ4n) is 2.29. The van der Waals surface area contributed by atoms with Crippen LogP contribution in [0.15, 0.2) is 24.3 Å². The summed E-state index contributed by atoms with van der Waals surface area (Å²) < 4.78 is 0. The molecule has 1 aliphatic rings. The van der Waals surface area contributed by atoms with Crippen molar-refractivity contribution < 1.29 is 9.59 Å². The summed E-state index contributed by atoms with van der Waals surface area (Å²) in [6, 6.07) is 7.49. The first kappa shape index (κ1) is 13.5. The van der Waals surface area contributed by atoms with E-state index in [4.69, 9.17) is 0 Å². The highest BCUT2D eigenvalue weighted by Crippen LogP contribution is 2.20. The molecule has 0 aliphatic carbocycles. The van der Waals surface area contributed by atoms with Crippen LogP contribution >= 0.6 is 0 Å². The fourth-order valence-corrected chi connectivity index (χ4v) is 2.29. The van der Waals surface area contributed by atoms with Crippen LogP contribution in [0.5, 0.6) is 0 Å². The topological polar surface area (TPSA) is 61.4 Å². The number of fused-ring (bicyclic) bond motifs is 1. The molecule has 5 nitrogen and oxygen atoms in total. The Balaban J connectivity index is 2.00. The second-order valence-corrected chi connectivity index (χ2v) is 4.73. The third-order valence-electron chi connectivity index (χ3n) is 3.55. The number of rotatable bonds is 2. The number of hydrogen-bond donors (Lipinski definition) is 2. The molecule has 2 rings (SSSR count). The second kappa shape index (κ2) is 5.84. The second-order valence-electron chi connectivity index (χ2n) is 4.73. The molecule has 0 bridgehead atoms. The van der Waals surface area contributed by atoms with Crippen molar-refractivity contribution in [2.45, 2.75) is 25.9 Å². The lowest BCUT2D eigenvalue weighted by atomic mass is 9.99. The zero-order valence-electron chi connectivity index (χ0n) is 11.3. The molecule has 0 fully saturated rings. The SMILES string of the molecule is CNC(=O)NC(=O)[C@H](C)N1CCc2ccccc2C1. The zero-order valence-corrected chi connectivity index (χ0v) is 11.3. The monoisotopic (exact) mass is 261 g/mol. The number of carbonyl (C=O) groups is 2. The molecule has 0 aromatic heterocycles. The van der Waals surface area contributed by atoms with Crippen LogP contribution in [0.3, 0.4) is 0 Å². The van der Waals surface area contributed by atoms with E-state index in [9.17, 15) is 9.59 Å². The minimum absolute atomic E-state index is 0.265. The van der Waals surface area contributed by atoms with Gasteiger partial charge in [-0.2, -0.15) is 0 Å². The van der Waals surface area contributed by atoms with E-state index in [2.05, 4.69) is 27.7 Å². The smallest absolute Gasteiger partial charge is 0.321 e. The van der Waals surface area contributed by atoms with Gasteiger partial charge in [-0.3, -0.25) is 15.0 Å². The fraction of sp³-hybridized carbons (Fsp3) is 0.429. The van der Waals surface area contributed by atoms with Gasteiger partial charge in [-0.25, -0.2) is 4.79 Å². The molecule has 0 saturated carbocycles. The van der Waals surface area contributed by atoms with Gasteiger partial charge in [-0.05, 0) is 24.5 Å². The Morgan fingerprint density at radius 2 is 1.95 bits per heavy atom. The molecule has 102 valence electrons. The highest BCUT2D eigenvalue weighted by atomic mass is 16.2. The van der Waals surface area contributed by atoms with E-state index in [0.717, 1.165) is 19.5 Å². The summed E-state index contributed by atoms with van der Waals surface area (Å²) in [4.78, 5) is 25.1. The van der Waals surface area contributed by atoms with Gasteiger partial charge in [0, 0.05) is 20.1 Å². The third kappa shape index (κ3) is 3.12. The van der Waals surface area contributed by atoms with E-state index in [1.807, 2.05) is 19.1 Å². The summed E-state index contributed by atoms with van der Waals surface area (Å²) in [6.45, 7) is 3.41. The summed E-state index contributed by atoms with van der Waals surface area (Å²) in [5, 5.41) is 4.70. The van der Waals surface area contributed by atoms with Crippen molar-refractivity contribution in [1.29, 1.82) is 0 Å². The number of nitrogens with zero attached hydrogens (tertiary/aromatic N) is 1. The molecule has 0 radical (unpaired) electrons. The highest BCUT2D eigenvalue weighted by Gasteiger charge is 2.25. The van der Waals surface area contributed by atoms with E-state index < -0.39 is 6.03 Å². The average Bonchev–Trinajstić information content (AvgIpc) is 2.45. The Labute approximate surface area is 113 Å². The molecular weight excluding hydrogens is 242 g/mol. The maximum absolute atomic E-state index is 11.9. The maximum atomic E-state index is 11.9. The molecule has 0 unspecified atom stereocenters. The quantitative estimate of drug-likeness (QED) is 0.831. The first-order valence-corrected chi connectivity index (χ1v) is 6.45. The van der Waals surface area contributed by atoms with Crippen molar-refractivity contribution in [3.63, 3.8) is 0 Å². The van der Waals surface area contributed by atoms with Crippen molar-refractivity contribution in [3.05, 3.63) is 35.4 Å². The average molecular weight is 261 g/mol. The third-order valence-corrected chi connectivity index (χ3v) is 3.55. The molecular formula is C14H19N3O2. The lowest BCUT2D eigenvalue weighted by Gasteiger charge is -2.32. The van der Waals surface area contributed by atoms with Crippen LogP contribution in [-0.4, -0.2) is 36.5 Å². The Morgan fingerprint density at radius 1 is 1.26 bits per heavy atom. The van der Waals surface area contributed by atoms with Gasteiger partial charge < -0.3 is 5.32 Å². The summed E-state index contributed by atoms with van der Waals surface area (Å²) in [5.41, 5.74) is 2.60. The van der Waals surface area contributed by atoms with Crippen molar-refractivity contribution >= 4 is 11.9 Å². The minimum Gasteiger partial charge on any atom is -0.341 e. The molecule has 1 aromatic rings. The number of hydrogen-bond acceptors (Lipinski definition) is 3. The zero-order chi connectivity index (χ0) is 13.8. The van der Waals surface area contributed by atoms with Gasteiger partial charge in [0.2, 0.25) is 5.91 Å². The maximum Gasteiger partial charge on any atom is 0.321 e. The first-order chi connectivity index (χ1) is 9.11. The highest BCUT2D eigenvalue weighted by molar-refractivity contribution is 5.96. The predicted molar refractivity (Wildman–Crippen MR) is 72.6 cm³/mol. The predicted octanol–water partition coefficient (Wildman–Crippen LogP) is 0.889. The number of carbonyl (C=O) groups excluding carboxylic acids is 2. The number of benzene rings is 1. The Bertz CT molecular complexity index is 487. The normalized spacial score (nSPS) is 16.3. The van der Waals surface area contributed by atoms with Crippen LogP contribution in [-0.2, 0) is 17.8 Å². The van der Waals surface area contributed by atoms with E-state index in [1.54, 1.807) is 0 Å². The van der Waals surface area contributed by atoms with Gasteiger partial charge in [0.1, 0.15) is 0 Å². The lowest BCUT2D eigenvalue weighted by molar-refractivity contribution is -0.125. The lowest BCUT2D eigenvalue weighted by Crippen LogP contribution is -2.50. The Kier molecular flexibility index (Phi) is 4.16. The van der Waals surface area contributed by atoms with Gasteiger partial charge in [0.25, 0.3) is 0 Å². The molecule has 5 heteroatoms. The first-order valence-electron chi connectivity index (χ1n) is 6.45.